The highest BCUT2D eigenvalue weighted by Crippen LogP contribution is 2.41. The summed E-state index contributed by atoms with van der Waals surface area (Å²) in [7, 11) is 0. The van der Waals surface area contributed by atoms with Crippen molar-refractivity contribution < 1.29 is 0 Å². The summed E-state index contributed by atoms with van der Waals surface area (Å²) in [5.41, 5.74) is 11.5. The Balaban J connectivity index is 1.92. The Morgan fingerprint density at radius 1 is 0.846 bits per heavy atom. The molecule has 0 radical (unpaired) electrons. The van der Waals surface area contributed by atoms with Crippen molar-refractivity contribution in [3.8, 4) is 11.1 Å². The topological polar surface area (TPSA) is 17.3 Å². The van der Waals surface area contributed by atoms with Gasteiger partial charge in [0.1, 0.15) is 5.65 Å². The fraction of sp³-hybridized carbons (Fsp3) is 0.125. The van der Waals surface area contributed by atoms with Gasteiger partial charge in [-0.25, -0.2) is 4.98 Å². The molecule has 0 saturated heterocycles. The van der Waals surface area contributed by atoms with Gasteiger partial charge in [-0.1, -0.05) is 48.0 Å². The van der Waals surface area contributed by atoms with E-state index in [-0.39, 0.29) is 0 Å². The summed E-state index contributed by atoms with van der Waals surface area (Å²) in [6, 6.07) is 24.1. The van der Waals surface area contributed by atoms with E-state index in [1.165, 1.54) is 44.2 Å². The lowest BCUT2D eigenvalue weighted by Crippen LogP contribution is -2.08. The zero-order valence-corrected chi connectivity index (χ0v) is 14.7. The van der Waals surface area contributed by atoms with Crippen LogP contribution in [0.1, 0.15) is 16.7 Å². The maximum Gasteiger partial charge on any atom is 0.142 e. The SMILES string of the molecule is Cc1ccc2c(c1)c1c(c3nc4ccccc4n32)CCc2ccccc2-1. The molecule has 6 rings (SSSR count). The number of imidazole rings is 1. The molecule has 0 N–H and O–H groups in total. The minimum atomic E-state index is 1.04. The second kappa shape index (κ2) is 4.95. The van der Waals surface area contributed by atoms with Crippen LogP contribution in [-0.2, 0) is 12.8 Å². The summed E-state index contributed by atoms with van der Waals surface area (Å²) in [5, 5.41) is 1.34. The Morgan fingerprint density at radius 3 is 2.65 bits per heavy atom. The van der Waals surface area contributed by atoms with Crippen LogP contribution in [0.4, 0.5) is 0 Å². The van der Waals surface area contributed by atoms with Gasteiger partial charge < -0.3 is 0 Å². The van der Waals surface area contributed by atoms with Crippen molar-refractivity contribution in [2.24, 2.45) is 0 Å². The molecule has 2 aromatic heterocycles. The molecule has 1 aliphatic carbocycles. The Morgan fingerprint density at radius 2 is 1.69 bits per heavy atom. The molecule has 1 aliphatic rings. The van der Waals surface area contributed by atoms with Crippen LogP contribution in [0.2, 0.25) is 0 Å². The van der Waals surface area contributed by atoms with Gasteiger partial charge in [-0.15, -0.1) is 0 Å². The third kappa shape index (κ3) is 1.74. The molecule has 0 bridgehead atoms. The van der Waals surface area contributed by atoms with Gasteiger partial charge in [0, 0.05) is 10.9 Å². The molecular formula is C24H18N2. The molecule has 0 fully saturated rings. The van der Waals surface area contributed by atoms with Crippen LogP contribution >= 0.6 is 0 Å². The normalized spacial score (nSPS) is 13.3. The molecule has 3 aromatic carbocycles. The maximum atomic E-state index is 5.04. The van der Waals surface area contributed by atoms with Crippen molar-refractivity contribution in [2.75, 3.05) is 0 Å². The van der Waals surface area contributed by atoms with Gasteiger partial charge in [0.15, 0.2) is 0 Å². The second-order valence-electron chi connectivity index (χ2n) is 7.29. The van der Waals surface area contributed by atoms with Crippen molar-refractivity contribution in [1.29, 1.82) is 0 Å². The molecule has 2 heteroatoms. The highest BCUT2D eigenvalue weighted by Gasteiger charge is 2.23. The van der Waals surface area contributed by atoms with Crippen LogP contribution in [0.3, 0.4) is 0 Å². The lowest BCUT2D eigenvalue weighted by molar-refractivity contribution is 0.942. The van der Waals surface area contributed by atoms with Crippen LogP contribution in [-0.4, -0.2) is 9.38 Å². The molecular weight excluding hydrogens is 316 g/mol. The van der Waals surface area contributed by atoms with E-state index in [2.05, 4.69) is 78.1 Å². The fourth-order valence-electron chi connectivity index (χ4n) is 4.58. The van der Waals surface area contributed by atoms with Crippen molar-refractivity contribution in [2.45, 2.75) is 19.8 Å². The quantitative estimate of drug-likeness (QED) is 0.354. The predicted molar refractivity (Wildman–Crippen MR) is 108 cm³/mol. The number of nitrogens with zero attached hydrogens (tertiary/aromatic N) is 2. The zero-order valence-electron chi connectivity index (χ0n) is 14.7. The minimum absolute atomic E-state index is 1.04. The van der Waals surface area contributed by atoms with Crippen LogP contribution in [0.25, 0.3) is 38.7 Å². The summed E-state index contributed by atoms with van der Waals surface area (Å²) in [6.07, 6.45) is 2.13. The standard InChI is InChI=1S/C24H18N2/c1-15-10-13-21-19(14-15)23-17-7-3-2-6-16(17)11-12-18(23)24-25-20-8-4-5-9-22(20)26(21)24/h2-10,13-14H,11-12H2,1H3. The van der Waals surface area contributed by atoms with Crippen LogP contribution in [0, 0.1) is 6.92 Å². The Kier molecular flexibility index (Phi) is 2.68. The Hall–Kier alpha value is -3.13. The van der Waals surface area contributed by atoms with Crippen LogP contribution < -0.4 is 0 Å². The van der Waals surface area contributed by atoms with Crippen molar-refractivity contribution >= 4 is 27.6 Å². The summed E-state index contributed by atoms with van der Waals surface area (Å²) < 4.78 is 2.36. The van der Waals surface area contributed by atoms with Crippen LogP contribution in [0.5, 0.6) is 0 Å². The number of fused-ring (bicyclic) bond motifs is 10. The molecule has 2 nitrogen and oxygen atoms in total. The third-order valence-electron chi connectivity index (χ3n) is 5.73. The first-order chi connectivity index (χ1) is 12.8. The number of para-hydroxylation sites is 2. The minimum Gasteiger partial charge on any atom is -0.292 e. The lowest BCUT2D eigenvalue weighted by Gasteiger charge is -2.23. The first-order valence-electron chi connectivity index (χ1n) is 9.22. The molecule has 26 heavy (non-hydrogen) atoms. The largest absolute Gasteiger partial charge is 0.292 e. The van der Waals surface area contributed by atoms with Gasteiger partial charge in [0.25, 0.3) is 0 Å². The van der Waals surface area contributed by atoms with Gasteiger partial charge in [0.05, 0.1) is 16.6 Å². The number of rotatable bonds is 0. The van der Waals surface area contributed by atoms with Gasteiger partial charge in [-0.3, -0.25) is 4.40 Å². The Labute approximate surface area is 151 Å². The van der Waals surface area contributed by atoms with Crippen molar-refractivity contribution in [1.82, 2.24) is 9.38 Å². The third-order valence-corrected chi connectivity index (χ3v) is 5.73. The van der Waals surface area contributed by atoms with Crippen molar-refractivity contribution in [3.05, 3.63) is 83.4 Å². The molecule has 0 spiro atoms. The lowest BCUT2D eigenvalue weighted by atomic mass is 9.84. The number of hydrogen-bond donors (Lipinski definition) is 0. The molecule has 5 aromatic rings. The molecule has 0 unspecified atom stereocenters. The number of pyridine rings is 1. The maximum absolute atomic E-state index is 5.04. The highest BCUT2D eigenvalue weighted by molar-refractivity contribution is 6.04. The zero-order chi connectivity index (χ0) is 17.3. The summed E-state index contributed by atoms with van der Waals surface area (Å²) >= 11 is 0. The molecule has 0 amide bonds. The number of benzene rings is 3. The van der Waals surface area contributed by atoms with Gasteiger partial charge in [-0.05, 0) is 60.7 Å². The second-order valence-corrected chi connectivity index (χ2v) is 7.29. The Bertz CT molecular complexity index is 1340. The molecule has 2 heterocycles. The molecule has 0 atom stereocenters. The monoisotopic (exact) mass is 334 g/mol. The van der Waals surface area contributed by atoms with Crippen molar-refractivity contribution in [3.63, 3.8) is 0 Å². The summed E-state index contributed by atoms with van der Waals surface area (Å²) in [5.74, 6) is 0. The van der Waals surface area contributed by atoms with Gasteiger partial charge >= 0.3 is 0 Å². The van der Waals surface area contributed by atoms with Gasteiger partial charge in [0.2, 0.25) is 0 Å². The van der Waals surface area contributed by atoms with E-state index in [9.17, 15) is 0 Å². The number of aromatic nitrogens is 2. The molecule has 0 saturated carbocycles. The number of hydrogen-bond acceptors (Lipinski definition) is 1. The smallest absolute Gasteiger partial charge is 0.142 e. The van der Waals surface area contributed by atoms with E-state index in [0.29, 0.717) is 0 Å². The van der Waals surface area contributed by atoms with E-state index in [1.54, 1.807) is 0 Å². The summed E-state index contributed by atoms with van der Waals surface area (Å²) in [6.45, 7) is 2.18. The van der Waals surface area contributed by atoms with E-state index in [1.807, 2.05) is 0 Å². The van der Waals surface area contributed by atoms with Crippen LogP contribution in [0.15, 0.2) is 66.7 Å². The highest BCUT2D eigenvalue weighted by atomic mass is 15.0. The molecule has 0 aliphatic heterocycles. The average molecular weight is 334 g/mol. The van der Waals surface area contributed by atoms with E-state index < -0.39 is 0 Å². The summed E-state index contributed by atoms with van der Waals surface area (Å²) in [4.78, 5) is 5.04. The first-order valence-corrected chi connectivity index (χ1v) is 9.22. The van der Waals surface area contributed by atoms with E-state index >= 15 is 0 Å². The van der Waals surface area contributed by atoms with Gasteiger partial charge in [-0.2, -0.15) is 0 Å². The molecule has 124 valence electrons. The fourth-order valence-corrected chi connectivity index (χ4v) is 4.58. The predicted octanol–water partition coefficient (Wildman–Crippen LogP) is 5.71. The number of aryl methyl sites for hydroxylation is 3. The van der Waals surface area contributed by atoms with E-state index in [4.69, 9.17) is 4.98 Å². The first kappa shape index (κ1) is 14.1. The van der Waals surface area contributed by atoms with E-state index in [0.717, 1.165) is 24.0 Å². The average Bonchev–Trinajstić information content (AvgIpc) is 3.07.